The third-order valence-corrected chi connectivity index (χ3v) is 2.04. The summed E-state index contributed by atoms with van der Waals surface area (Å²) >= 11 is 0. The first-order chi connectivity index (χ1) is 7.74. The van der Waals surface area contributed by atoms with Gasteiger partial charge in [0.15, 0.2) is 0 Å². The summed E-state index contributed by atoms with van der Waals surface area (Å²) in [5.74, 6) is -2.80. The minimum atomic E-state index is -5.12. The molecule has 0 bridgehead atoms. The summed E-state index contributed by atoms with van der Waals surface area (Å²) in [6, 6.07) is 0. The smallest absolute Gasteiger partial charge is 0.448 e. The van der Waals surface area contributed by atoms with Crippen LogP contribution in [0.5, 0.6) is 0 Å². The van der Waals surface area contributed by atoms with Crippen molar-refractivity contribution in [1.82, 2.24) is 5.32 Å². The fourth-order valence-electron chi connectivity index (χ4n) is 1.16. The first kappa shape index (κ1) is 13.5. The molecule has 1 heterocycles. The molecule has 1 saturated heterocycles. The Labute approximate surface area is 94.6 Å². The van der Waals surface area contributed by atoms with Crippen LogP contribution in [0, 0.1) is 0 Å². The first-order valence-electron chi connectivity index (χ1n) is 4.63. The predicted molar refractivity (Wildman–Crippen MR) is 48.7 cm³/mol. The molecule has 1 fully saturated rings. The molecule has 0 radical (unpaired) electrons. The van der Waals surface area contributed by atoms with Crippen LogP contribution in [-0.4, -0.2) is 37.0 Å². The van der Waals surface area contributed by atoms with Crippen molar-refractivity contribution in [3.63, 3.8) is 0 Å². The van der Waals surface area contributed by atoms with Gasteiger partial charge >= 0.3 is 17.9 Å². The van der Waals surface area contributed by atoms with E-state index in [2.05, 4.69) is 16.1 Å². The molecule has 5 nitrogen and oxygen atoms in total. The molecule has 8 heteroatoms. The average molecular weight is 253 g/mol. The second kappa shape index (κ2) is 4.36. The van der Waals surface area contributed by atoms with Crippen LogP contribution in [-0.2, 0) is 19.1 Å². The molecule has 0 aromatic rings. The van der Waals surface area contributed by atoms with Gasteiger partial charge in [0.1, 0.15) is 0 Å². The fraction of sp³-hybridized carbons (Fsp3) is 0.556. The Morgan fingerprint density at radius 3 is 2.65 bits per heavy atom. The van der Waals surface area contributed by atoms with Crippen LogP contribution in [0.1, 0.15) is 6.92 Å². The second-order valence-corrected chi connectivity index (χ2v) is 3.25. The number of ether oxygens (including phenoxy) is 2. The van der Waals surface area contributed by atoms with Crippen molar-refractivity contribution in [2.45, 2.75) is 18.8 Å². The molecule has 96 valence electrons. The molecule has 0 aliphatic carbocycles. The van der Waals surface area contributed by atoms with E-state index < -0.39 is 30.4 Å². The summed E-state index contributed by atoms with van der Waals surface area (Å²) in [4.78, 5) is 22.5. The van der Waals surface area contributed by atoms with Gasteiger partial charge in [-0.3, -0.25) is 4.79 Å². The minimum Gasteiger partial charge on any atom is -0.462 e. The van der Waals surface area contributed by atoms with E-state index in [-0.39, 0.29) is 12.2 Å². The lowest BCUT2D eigenvalue weighted by Gasteiger charge is -2.36. The van der Waals surface area contributed by atoms with Gasteiger partial charge in [-0.2, -0.15) is 13.2 Å². The van der Waals surface area contributed by atoms with E-state index in [1.807, 2.05) is 0 Å². The van der Waals surface area contributed by atoms with E-state index in [1.54, 1.807) is 0 Å². The molecule has 0 saturated carbocycles. The van der Waals surface area contributed by atoms with Crippen molar-refractivity contribution >= 4 is 11.9 Å². The van der Waals surface area contributed by atoms with E-state index in [4.69, 9.17) is 0 Å². The van der Waals surface area contributed by atoms with Crippen molar-refractivity contribution < 1.29 is 32.2 Å². The molecule has 17 heavy (non-hydrogen) atoms. The van der Waals surface area contributed by atoms with Gasteiger partial charge < -0.3 is 14.8 Å². The molecule has 1 aliphatic heterocycles. The van der Waals surface area contributed by atoms with E-state index in [1.165, 1.54) is 12.2 Å². The van der Waals surface area contributed by atoms with Gasteiger partial charge in [0.25, 0.3) is 5.91 Å². The molecule has 1 aliphatic rings. The highest BCUT2D eigenvalue weighted by molar-refractivity contribution is 5.98. The summed E-state index contributed by atoms with van der Waals surface area (Å²) in [7, 11) is 0. The molecule has 1 atom stereocenters. The van der Waals surface area contributed by atoms with E-state index in [0.717, 1.165) is 0 Å². The largest absolute Gasteiger partial charge is 0.462 e. The number of hydrogen-bond donors (Lipinski definition) is 1. The van der Waals surface area contributed by atoms with E-state index in [0.29, 0.717) is 0 Å². The maximum Gasteiger partial charge on any atom is 0.448 e. The van der Waals surface area contributed by atoms with Crippen LogP contribution in [0.4, 0.5) is 13.2 Å². The number of esters is 1. The van der Waals surface area contributed by atoms with Crippen molar-refractivity contribution in [2.24, 2.45) is 0 Å². The number of hydrogen-bond acceptors (Lipinski definition) is 4. The summed E-state index contributed by atoms with van der Waals surface area (Å²) in [5, 5.41) is 1.44. The zero-order valence-corrected chi connectivity index (χ0v) is 8.89. The highest BCUT2D eigenvalue weighted by Gasteiger charge is 2.66. The minimum absolute atomic E-state index is 0.200. The van der Waals surface area contributed by atoms with Crippen molar-refractivity contribution in [3.8, 4) is 0 Å². The summed E-state index contributed by atoms with van der Waals surface area (Å²) < 4.78 is 47.1. The van der Waals surface area contributed by atoms with Crippen molar-refractivity contribution in [2.75, 3.05) is 13.2 Å². The zero-order chi connectivity index (χ0) is 13.3. The average Bonchev–Trinajstić information content (AvgIpc) is 2.20. The van der Waals surface area contributed by atoms with E-state index in [9.17, 15) is 22.8 Å². The topological polar surface area (TPSA) is 64.6 Å². The second-order valence-electron chi connectivity index (χ2n) is 3.25. The lowest BCUT2D eigenvalue weighted by atomic mass is 10.1. The maximum absolute atomic E-state index is 12.8. The first-order valence-corrected chi connectivity index (χ1v) is 4.63. The van der Waals surface area contributed by atoms with Gasteiger partial charge in [0, 0.05) is 5.57 Å². The van der Waals surface area contributed by atoms with Gasteiger partial charge in [0.2, 0.25) is 0 Å². The third kappa shape index (κ3) is 2.26. The van der Waals surface area contributed by atoms with Crippen molar-refractivity contribution in [3.05, 3.63) is 12.2 Å². The zero-order valence-electron chi connectivity index (χ0n) is 8.89. The molecule has 1 unspecified atom stereocenters. The van der Waals surface area contributed by atoms with Crippen LogP contribution in [0.15, 0.2) is 12.2 Å². The number of rotatable bonds is 2. The van der Waals surface area contributed by atoms with Gasteiger partial charge in [-0.25, -0.2) is 4.79 Å². The summed E-state index contributed by atoms with van der Waals surface area (Å²) in [6.45, 7) is 3.57. The Hall–Kier alpha value is -1.57. The number of nitrogens with one attached hydrogen (secondary N) is 1. The SMILES string of the molecule is C=C1COC(C(=O)OCC)(C(F)(F)F)NC1=O. The molecule has 1 amide bonds. The monoisotopic (exact) mass is 253 g/mol. The lowest BCUT2D eigenvalue weighted by Crippen LogP contribution is -2.69. The van der Waals surface area contributed by atoms with Crippen LogP contribution in [0.3, 0.4) is 0 Å². The predicted octanol–water partition coefficient (Wildman–Crippen LogP) is 0.511. The molecule has 0 aromatic carbocycles. The quantitative estimate of drug-likeness (QED) is 0.575. The molecule has 1 rings (SSSR count). The Morgan fingerprint density at radius 2 is 2.24 bits per heavy atom. The van der Waals surface area contributed by atoms with Gasteiger partial charge in [-0.05, 0) is 6.92 Å². The van der Waals surface area contributed by atoms with Crippen LogP contribution < -0.4 is 5.32 Å². The Bertz CT molecular complexity index is 366. The summed E-state index contributed by atoms with van der Waals surface area (Å²) in [5.41, 5.74) is -3.64. The standard InChI is InChI=1S/C9H10F3NO4/c1-3-16-7(15)8(9(10,11)12)13-6(14)5(2)4-17-8/h2-4H2,1H3,(H,13,14). The maximum atomic E-state index is 12.8. The van der Waals surface area contributed by atoms with Gasteiger partial charge in [-0.15, -0.1) is 0 Å². The Kier molecular flexibility index (Phi) is 3.46. The number of halogens is 3. The summed E-state index contributed by atoms with van der Waals surface area (Å²) in [6.07, 6.45) is -5.12. The van der Waals surface area contributed by atoms with Crippen molar-refractivity contribution in [1.29, 1.82) is 0 Å². The Morgan fingerprint density at radius 1 is 1.65 bits per heavy atom. The molecule has 0 aromatic heterocycles. The normalized spacial score (nSPS) is 25.4. The van der Waals surface area contributed by atoms with Crippen LogP contribution in [0.25, 0.3) is 0 Å². The van der Waals surface area contributed by atoms with Gasteiger partial charge in [0.05, 0.1) is 13.2 Å². The van der Waals surface area contributed by atoms with Crippen LogP contribution in [0.2, 0.25) is 0 Å². The highest BCUT2D eigenvalue weighted by Crippen LogP contribution is 2.35. The fourth-order valence-corrected chi connectivity index (χ4v) is 1.16. The van der Waals surface area contributed by atoms with Crippen LogP contribution >= 0.6 is 0 Å². The molecular formula is C9H10F3NO4. The molecule has 0 spiro atoms. The number of alkyl halides is 3. The highest BCUT2D eigenvalue weighted by atomic mass is 19.4. The molecule has 1 N–H and O–H groups in total. The molecular weight excluding hydrogens is 243 g/mol. The third-order valence-electron chi connectivity index (χ3n) is 2.04. The Balaban J connectivity index is 3.08. The van der Waals surface area contributed by atoms with Gasteiger partial charge in [-0.1, -0.05) is 6.58 Å². The number of amides is 1. The number of carbonyl (C=O) groups excluding carboxylic acids is 2. The lowest BCUT2D eigenvalue weighted by molar-refractivity contribution is -0.287. The number of carbonyl (C=O) groups is 2. The van der Waals surface area contributed by atoms with E-state index >= 15 is 0 Å².